The predicted octanol–water partition coefficient (Wildman–Crippen LogP) is 3.57. The van der Waals surface area contributed by atoms with Crippen molar-refractivity contribution in [3.8, 4) is 5.75 Å². The molecule has 0 atom stereocenters. The van der Waals surface area contributed by atoms with Gasteiger partial charge in [0.1, 0.15) is 11.3 Å². The van der Waals surface area contributed by atoms with Gasteiger partial charge in [0.15, 0.2) is 4.80 Å². The Bertz CT molecular complexity index is 1300. The number of aryl methyl sites for hydroxylation is 2. The number of benzene rings is 2. The monoisotopic (exact) mass is 459 g/mol. The Balaban J connectivity index is 1.71. The SMILES string of the molecule is CCn1c(=NC(=O)c2ccc(S(=O)(=O)N3CCCC3)cc2)sc2c(C)ccc(OC)c21. The van der Waals surface area contributed by atoms with E-state index in [0.29, 0.717) is 30.0 Å². The highest BCUT2D eigenvalue weighted by molar-refractivity contribution is 7.89. The van der Waals surface area contributed by atoms with Crippen LogP contribution < -0.4 is 9.54 Å². The summed E-state index contributed by atoms with van der Waals surface area (Å²) >= 11 is 1.44. The van der Waals surface area contributed by atoms with Crippen molar-refractivity contribution in [3.05, 3.63) is 52.3 Å². The number of methoxy groups -OCH3 is 1. The number of hydrogen-bond donors (Lipinski definition) is 0. The number of aromatic nitrogens is 1. The number of sulfonamides is 1. The van der Waals surface area contributed by atoms with E-state index in [1.165, 1.54) is 39.9 Å². The Labute approximate surface area is 185 Å². The normalized spacial score (nSPS) is 15.6. The maximum absolute atomic E-state index is 12.9. The van der Waals surface area contributed by atoms with Gasteiger partial charge in [0.25, 0.3) is 5.91 Å². The van der Waals surface area contributed by atoms with Crippen molar-refractivity contribution >= 4 is 37.5 Å². The van der Waals surface area contributed by atoms with Crippen LogP contribution in [0.4, 0.5) is 0 Å². The molecule has 7 nitrogen and oxygen atoms in total. The summed E-state index contributed by atoms with van der Waals surface area (Å²) in [6.07, 6.45) is 1.76. The van der Waals surface area contributed by atoms with E-state index in [9.17, 15) is 13.2 Å². The average molecular weight is 460 g/mol. The number of nitrogens with zero attached hydrogens (tertiary/aromatic N) is 3. The molecule has 0 unspecified atom stereocenters. The molecule has 0 spiro atoms. The van der Waals surface area contributed by atoms with Crippen LogP contribution in [-0.4, -0.2) is 43.4 Å². The van der Waals surface area contributed by atoms with Crippen LogP contribution in [0, 0.1) is 6.92 Å². The van der Waals surface area contributed by atoms with Gasteiger partial charge in [0.05, 0.1) is 16.7 Å². The lowest BCUT2D eigenvalue weighted by Gasteiger charge is -2.15. The minimum absolute atomic E-state index is 0.205. The van der Waals surface area contributed by atoms with Crippen molar-refractivity contribution < 1.29 is 17.9 Å². The number of thiazole rings is 1. The van der Waals surface area contributed by atoms with Gasteiger partial charge in [0.2, 0.25) is 10.0 Å². The van der Waals surface area contributed by atoms with Gasteiger partial charge in [0, 0.05) is 25.2 Å². The minimum Gasteiger partial charge on any atom is -0.495 e. The van der Waals surface area contributed by atoms with Gasteiger partial charge in [-0.3, -0.25) is 4.79 Å². The number of carbonyl (C=O) groups is 1. The van der Waals surface area contributed by atoms with Crippen LogP contribution in [0.5, 0.6) is 5.75 Å². The smallest absolute Gasteiger partial charge is 0.279 e. The molecule has 0 bridgehead atoms. The van der Waals surface area contributed by atoms with E-state index in [4.69, 9.17) is 4.74 Å². The van der Waals surface area contributed by atoms with E-state index in [2.05, 4.69) is 4.99 Å². The highest BCUT2D eigenvalue weighted by Gasteiger charge is 2.27. The average Bonchev–Trinajstić information content (AvgIpc) is 3.43. The van der Waals surface area contributed by atoms with Crippen molar-refractivity contribution in [3.63, 3.8) is 0 Å². The zero-order valence-corrected chi connectivity index (χ0v) is 19.4. The summed E-state index contributed by atoms with van der Waals surface area (Å²) in [7, 11) is -1.88. The second-order valence-corrected chi connectivity index (χ2v) is 10.4. The summed E-state index contributed by atoms with van der Waals surface area (Å²) in [5, 5.41) is 0. The lowest BCUT2D eigenvalue weighted by atomic mass is 10.2. The Hall–Kier alpha value is -2.49. The third kappa shape index (κ3) is 3.93. The van der Waals surface area contributed by atoms with Gasteiger partial charge >= 0.3 is 0 Å². The number of amides is 1. The molecule has 1 saturated heterocycles. The Morgan fingerprint density at radius 1 is 1.13 bits per heavy atom. The van der Waals surface area contributed by atoms with Gasteiger partial charge in [-0.25, -0.2) is 8.42 Å². The second kappa shape index (κ2) is 8.57. The zero-order chi connectivity index (χ0) is 22.2. The van der Waals surface area contributed by atoms with E-state index in [0.717, 1.165) is 34.4 Å². The largest absolute Gasteiger partial charge is 0.495 e. The third-order valence-corrected chi connectivity index (χ3v) is 8.65. The lowest BCUT2D eigenvalue weighted by Crippen LogP contribution is -2.27. The Morgan fingerprint density at radius 3 is 2.42 bits per heavy atom. The van der Waals surface area contributed by atoms with Crippen LogP contribution in [0.3, 0.4) is 0 Å². The van der Waals surface area contributed by atoms with Crippen molar-refractivity contribution in [1.29, 1.82) is 0 Å². The van der Waals surface area contributed by atoms with Crippen LogP contribution in [-0.2, 0) is 16.6 Å². The highest BCUT2D eigenvalue weighted by Crippen LogP contribution is 2.30. The van der Waals surface area contributed by atoms with Crippen molar-refractivity contribution in [1.82, 2.24) is 8.87 Å². The number of fused-ring (bicyclic) bond motifs is 1. The summed E-state index contributed by atoms with van der Waals surface area (Å²) in [6.45, 7) is 5.74. The second-order valence-electron chi connectivity index (χ2n) is 7.44. The predicted molar refractivity (Wildman–Crippen MR) is 121 cm³/mol. The summed E-state index contributed by atoms with van der Waals surface area (Å²) in [4.78, 5) is 18.0. The Morgan fingerprint density at radius 2 is 1.81 bits per heavy atom. The first kappa shape index (κ1) is 21.7. The summed E-state index contributed by atoms with van der Waals surface area (Å²) in [5.74, 6) is 0.333. The fourth-order valence-corrected chi connectivity index (χ4v) is 6.52. The summed E-state index contributed by atoms with van der Waals surface area (Å²) in [6, 6.07) is 9.95. The number of ether oxygens (including phenoxy) is 1. The molecule has 2 aromatic carbocycles. The van der Waals surface area contributed by atoms with Gasteiger partial charge in [-0.2, -0.15) is 9.30 Å². The maximum atomic E-state index is 12.9. The number of rotatable bonds is 5. The van der Waals surface area contributed by atoms with E-state index in [-0.39, 0.29) is 4.90 Å². The minimum atomic E-state index is -3.51. The first-order valence-electron chi connectivity index (χ1n) is 10.2. The van der Waals surface area contributed by atoms with Gasteiger partial charge in [-0.05, 0) is 62.6 Å². The molecule has 0 N–H and O–H groups in total. The van der Waals surface area contributed by atoms with Crippen LogP contribution in [0.15, 0.2) is 46.3 Å². The molecular weight excluding hydrogens is 434 g/mol. The summed E-state index contributed by atoms with van der Waals surface area (Å²) < 4.78 is 35.4. The molecule has 1 fully saturated rings. The van der Waals surface area contributed by atoms with Gasteiger partial charge < -0.3 is 9.30 Å². The molecule has 1 aliphatic heterocycles. The third-order valence-electron chi connectivity index (χ3n) is 5.52. The first-order valence-corrected chi connectivity index (χ1v) is 12.5. The fourth-order valence-electron chi connectivity index (χ4n) is 3.82. The maximum Gasteiger partial charge on any atom is 0.279 e. The first-order chi connectivity index (χ1) is 14.9. The topological polar surface area (TPSA) is 81.0 Å². The molecule has 164 valence electrons. The zero-order valence-electron chi connectivity index (χ0n) is 17.8. The standard InChI is InChI=1S/C22H25N3O4S2/c1-4-25-19-18(29-3)12-7-15(2)20(19)30-22(25)23-21(26)16-8-10-17(11-9-16)31(27,28)24-13-5-6-14-24/h7-12H,4-6,13-14H2,1-3H3. The van der Waals surface area contributed by atoms with Crippen LogP contribution >= 0.6 is 11.3 Å². The quantitative estimate of drug-likeness (QED) is 0.584. The van der Waals surface area contributed by atoms with Crippen LogP contribution in [0.1, 0.15) is 35.7 Å². The highest BCUT2D eigenvalue weighted by atomic mass is 32.2. The molecule has 31 heavy (non-hydrogen) atoms. The Kier molecular flexibility index (Phi) is 6.00. The molecule has 1 aromatic heterocycles. The molecule has 1 amide bonds. The molecule has 3 aromatic rings. The molecule has 9 heteroatoms. The fraction of sp³-hybridized carbons (Fsp3) is 0.364. The molecule has 4 rings (SSSR count). The molecule has 0 aliphatic carbocycles. The van der Waals surface area contributed by atoms with E-state index in [1.807, 2.05) is 30.5 Å². The van der Waals surface area contributed by atoms with Crippen LogP contribution in [0.2, 0.25) is 0 Å². The van der Waals surface area contributed by atoms with Gasteiger partial charge in [-0.15, -0.1) is 0 Å². The molecule has 0 radical (unpaired) electrons. The molecule has 0 saturated carbocycles. The molecule has 2 heterocycles. The van der Waals surface area contributed by atoms with Crippen LogP contribution in [0.25, 0.3) is 10.2 Å². The van der Waals surface area contributed by atoms with Gasteiger partial charge in [-0.1, -0.05) is 17.4 Å². The number of hydrogen-bond acceptors (Lipinski definition) is 5. The lowest BCUT2D eigenvalue weighted by molar-refractivity contribution is 0.0997. The molecule has 1 aliphatic rings. The van der Waals surface area contributed by atoms with E-state index >= 15 is 0 Å². The van der Waals surface area contributed by atoms with Crippen molar-refractivity contribution in [2.45, 2.75) is 38.1 Å². The van der Waals surface area contributed by atoms with E-state index in [1.54, 1.807) is 7.11 Å². The number of carbonyl (C=O) groups excluding carboxylic acids is 1. The summed E-state index contributed by atoms with van der Waals surface area (Å²) in [5.41, 5.74) is 2.37. The molecular formula is C22H25N3O4S2. The van der Waals surface area contributed by atoms with Crippen molar-refractivity contribution in [2.75, 3.05) is 20.2 Å². The van der Waals surface area contributed by atoms with E-state index < -0.39 is 15.9 Å². The van der Waals surface area contributed by atoms with Crippen molar-refractivity contribution in [2.24, 2.45) is 4.99 Å².